The van der Waals surface area contributed by atoms with Crippen LogP contribution in [0.15, 0.2) is 12.1 Å². The van der Waals surface area contributed by atoms with Crippen LogP contribution in [0.2, 0.25) is 0 Å². The predicted molar refractivity (Wildman–Crippen MR) is 67.9 cm³/mol. The van der Waals surface area contributed by atoms with Gasteiger partial charge in [-0.2, -0.15) is 0 Å². The van der Waals surface area contributed by atoms with Crippen LogP contribution in [0, 0.1) is 10.1 Å². The number of hydrogen-bond donors (Lipinski definition) is 2. The number of nitrogens with zero attached hydrogens (tertiary/aromatic N) is 2. The monoisotopic (exact) mass is 252 g/mol. The quantitative estimate of drug-likeness (QED) is 0.625. The molecule has 0 spiro atoms. The molecule has 18 heavy (non-hydrogen) atoms. The summed E-state index contributed by atoms with van der Waals surface area (Å²) in [7, 11) is 1.68. The summed E-state index contributed by atoms with van der Waals surface area (Å²) in [5, 5.41) is 16.9. The summed E-state index contributed by atoms with van der Waals surface area (Å²) in [6.07, 6.45) is 1.78. The van der Waals surface area contributed by atoms with Crippen molar-refractivity contribution in [1.29, 1.82) is 0 Å². The fraction of sp³-hybridized carbons (Fsp3) is 0.545. The summed E-state index contributed by atoms with van der Waals surface area (Å²) in [5.41, 5.74) is 0.0314. The van der Waals surface area contributed by atoms with E-state index in [-0.39, 0.29) is 11.7 Å². The van der Waals surface area contributed by atoms with E-state index in [0.29, 0.717) is 24.8 Å². The molecule has 2 N–H and O–H groups in total. The predicted octanol–water partition coefficient (Wildman–Crippen LogP) is 1.62. The molecule has 7 heteroatoms. The Labute approximate surface area is 105 Å². The first kappa shape index (κ1) is 12.6. The van der Waals surface area contributed by atoms with Crippen LogP contribution < -0.4 is 10.6 Å². The Bertz CT molecular complexity index is 432. The standard InChI is InChI=1S/C11H16N4O3/c1-12-10-6-9(15(16)17)7-11(14-10)13-8-2-4-18-5-3-8/h6-8H,2-5H2,1H3,(H2,12,13,14). The molecular weight excluding hydrogens is 236 g/mol. The Morgan fingerprint density at radius 1 is 1.39 bits per heavy atom. The van der Waals surface area contributed by atoms with Gasteiger partial charge in [-0.05, 0) is 12.8 Å². The van der Waals surface area contributed by atoms with E-state index in [1.54, 1.807) is 7.05 Å². The van der Waals surface area contributed by atoms with Gasteiger partial charge in [0.1, 0.15) is 11.6 Å². The van der Waals surface area contributed by atoms with Gasteiger partial charge in [0, 0.05) is 26.3 Å². The molecule has 1 fully saturated rings. The molecule has 7 nitrogen and oxygen atoms in total. The molecule has 1 aliphatic rings. The van der Waals surface area contributed by atoms with Crippen LogP contribution in [0.5, 0.6) is 0 Å². The zero-order valence-electron chi connectivity index (χ0n) is 10.2. The minimum absolute atomic E-state index is 0.0314. The average Bonchev–Trinajstić information content (AvgIpc) is 2.39. The van der Waals surface area contributed by atoms with Gasteiger partial charge in [0.25, 0.3) is 5.69 Å². The van der Waals surface area contributed by atoms with E-state index < -0.39 is 4.92 Å². The molecule has 98 valence electrons. The third kappa shape index (κ3) is 3.07. The van der Waals surface area contributed by atoms with Crippen molar-refractivity contribution in [2.75, 3.05) is 30.9 Å². The largest absolute Gasteiger partial charge is 0.381 e. The van der Waals surface area contributed by atoms with Crippen molar-refractivity contribution in [3.8, 4) is 0 Å². The van der Waals surface area contributed by atoms with Gasteiger partial charge < -0.3 is 15.4 Å². The number of ether oxygens (including phenoxy) is 1. The molecule has 2 heterocycles. The third-order valence-corrected chi connectivity index (χ3v) is 2.85. The lowest BCUT2D eigenvalue weighted by Gasteiger charge is -2.23. The highest BCUT2D eigenvalue weighted by atomic mass is 16.6. The third-order valence-electron chi connectivity index (χ3n) is 2.85. The number of nitrogens with one attached hydrogen (secondary N) is 2. The summed E-state index contributed by atoms with van der Waals surface area (Å²) in [6, 6.07) is 3.13. The number of aromatic nitrogens is 1. The van der Waals surface area contributed by atoms with Gasteiger partial charge in [-0.25, -0.2) is 4.98 Å². The molecule has 1 aromatic heterocycles. The maximum Gasteiger partial charge on any atom is 0.276 e. The van der Waals surface area contributed by atoms with Crippen LogP contribution in [-0.2, 0) is 4.74 Å². The summed E-state index contributed by atoms with van der Waals surface area (Å²) < 4.78 is 5.26. The van der Waals surface area contributed by atoms with Crippen molar-refractivity contribution >= 4 is 17.3 Å². The number of rotatable bonds is 4. The molecule has 0 aromatic carbocycles. The molecule has 1 aromatic rings. The van der Waals surface area contributed by atoms with Gasteiger partial charge >= 0.3 is 0 Å². The van der Waals surface area contributed by atoms with E-state index in [0.717, 1.165) is 12.8 Å². The fourth-order valence-electron chi connectivity index (χ4n) is 1.87. The van der Waals surface area contributed by atoms with Gasteiger partial charge in [-0.1, -0.05) is 0 Å². The highest BCUT2D eigenvalue weighted by Crippen LogP contribution is 2.22. The number of nitro groups is 1. The van der Waals surface area contributed by atoms with Crippen molar-refractivity contribution in [1.82, 2.24) is 4.98 Å². The smallest absolute Gasteiger partial charge is 0.276 e. The molecule has 0 radical (unpaired) electrons. The van der Waals surface area contributed by atoms with Gasteiger partial charge in [-0.15, -0.1) is 0 Å². The van der Waals surface area contributed by atoms with Gasteiger partial charge in [0.15, 0.2) is 0 Å². The van der Waals surface area contributed by atoms with Gasteiger partial charge in [-0.3, -0.25) is 10.1 Å². The van der Waals surface area contributed by atoms with Crippen molar-refractivity contribution in [2.24, 2.45) is 0 Å². The van der Waals surface area contributed by atoms with Crippen molar-refractivity contribution in [3.05, 3.63) is 22.2 Å². The SMILES string of the molecule is CNc1cc([N+](=O)[O-])cc(NC2CCOCC2)n1. The first-order chi connectivity index (χ1) is 8.69. The highest BCUT2D eigenvalue weighted by Gasteiger charge is 2.16. The maximum absolute atomic E-state index is 10.8. The Morgan fingerprint density at radius 3 is 2.67 bits per heavy atom. The van der Waals surface area contributed by atoms with Crippen LogP contribution in [-0.4, -0.2) is 36.2 Å². The normalized spacial score (nSPS) is 16.3. The van der Waals surface area contributed by atoms with Crippen LogP contribution in [0.1, 0.15) is 12.8 Å². The van der Waals surface area contributed by atoms with Crippen LogP contribution in [0.4, 0.5) is 17.3 Å². The molecule has 0 amide bonds. The van der Waals surface area contributed by atoms with E-state index in [4.69, 9.17) is 4.74 Å². The number of hydrogen-bond acceptors (Lipinski definition) is 6. The average molecular weight is 252 g/mol. The Morgan fingerprint density at radius 2 is 2.06 bits per heavy atom. The minimum atomic E-state index is -0.419. The number of anilines is 2. The highest BCUT2D eigenvalue weighted by molar-refractivity contribution is 5.54. The lowest BCUT2D eigenvalue weighted by atomic mass is 10.1. The van der Waals surface area contributed by atoms with Gasteiger partial charge in [0.2, 0.25) is 0 Å². The van der Waals surface area contributed by atoms with Crippen molar-refractivity contribution in [3.63, 3.8) is 0 Å². The molecule has 0 aliphatic carbocycles. The van der Waals surface area contributed by atoms with Crippen LogP contribution >= 0.6 is 0 Å². The molecule has 2 rings (SSSR count). The molecule has 0 atom stereocenters. The second-order valence-corrected chi connectivity index (χ2v) is 4.13. The molecular formula is C11H16N4O3. The van der Waals surface area contributed by atoms with Crippen LogP contribution in [0.3, 0.4) is 0 Å². The first-order valence-electron chi connectivity index (χ1n) is 5.87. The van der Waals surface area contributed by atoms with E-state index in [1.165, 1.54) is 12.1 Å². The summed E-state index contributed by atoms with van der Waals surface area (Å²) in [5.74, 6) is 1.01. The van der Waals surface area contributed by atoms with E-state index in [2.05, 4.69) is 15.6 Å². The zero-order chi connectivity index (χ0) is 13.0. The lowest BCUT2D eigenvalue weighted by Crippen LogP contribution is -2.28. The Balaban J connectivity index is 2.15. The second-order valence-electron chi connectivity index (χ2n) is 4.13. The maximum atomic E-state index is 10.8. The molecule has 0 saturated carbocycles. The lowest BCUT2D eigenvalue weighted by molar-refractivity contribution is -0.384. The van der Waals surface area contributed by atoms with Crippen molar-refractivity contribution < 1.29 is 9.66 Å². The fourth-order valence-corrected chi connectivity index (χ4v) is 1.87. The zero-order valence-corrected chi connectivity index (χ0v) is 10.2. The Hall–Kier alpha value is -1.89. The van der Waals surface area contributed by atoms with E-state index >= 15 is 0 Å². The topological polar surface area (TPSA) is 89.3 Å². The summed E-state index contributed by atoms with van der Waals surface area (Å²) in [4.78, 5) is 14.7. The second kappa shape index (κ2) is 5.63. The molecule has 0 bridgehead atoms. The van der Waals surface area contributed by atoms with E-state index in [9.17, 15) is 10.1 Å². The first-order valence-corrected chi connectivity index (χ1v) is 5.87. The summed E-state index contributed by atoms with van der Waals surface area (Å²) >= 11 is 0. The molecule has 1 aliphatic heterocycles. The number of pyridine rings is 1. The molecule has 1 saturated heterocycles. The summed E-state index contributed by atoms with van der Waals surface area (Å²) in [6.45, 7) is 1.43. The van der Waals surface area contributed by atoms with Crippen molar-refractivity contribution in [2.45, 2.75) is 18.9 Å². The Kier molecular flexibility index (Phi) is 3.93. The van der Waals surface area contributed by atoms with E-state index in [1.807, 2.05) is 0 Å². The van der Waals surface area contributed by atoms with Gasteiger partial charge in [0.05, 0.1) is 17.1 Å². The minimum Gasteiger partial charge on any atom is -0.381 e. The molecule has 0 unspecified atom stereocenters. The van der Waals surface area contributed by atoms with Crippen LogP contribution in [0.25, 0.3) is 0 Å².